The molecule has 0 saturated heterocycles. The highest BCUT2D eigenvalue weighted by Gasteiger charge is 2.39. The van der Waals surface area contributed by atoms with Crippen molar-refractivity contribution in [2.75, 3.05) is 0 Å². The summed E-state index contributed by atoms with van der Waals surface area (Å²) in [5.41, 5.74) is 2.08. The number of hydrazone groups is 1. The molecule has 1 amide bonds. The highest BCUT2D eigenvalue weighted by atomic mass is 35.5. The number of aromatic nitrogens is 1. The number of rotatable bonds is 8. The lowest BCUT2D eigenvalue weighted by atomic mass is 9.91. The summed E-state index contributed by atoms with van der Waals surface area (Å²) in [5.74, 6) is -2.36. The monoisotopic (exact) mass is 569 g/mol. The van der Waals surface area contributed by atoms with Gasteiger partial charge in [0.05, 0.1) is 23.7 Å². The number of nitrogens with one attached hydrogen (secondary N) is 1. The number of aliphatic imine (C=N–C) groups is 2. The van der Waals surface area contributed by atoms with E-state index in [9.17, 15) is 18.8 Å². The smallest absolute Gasteiger partial charge is 0.306 e. The fourth-order valence-corrected chi connectivity index (χ4v) is 4.61. The van der Waals surface area contributed by atoms with Crippen LogP contribution in [-0.2, 0) is 9.59 Å². The topological polar surface area (TPSA) is 128 Å². The van der Waals surface area contributed by atoms with Gasteiger partial charge in [-0.2, -0.15) is 5.10 Å². The third kappa shape index (κ3) is 5.97. The summed E-state index contributed by atoms with van der Waals surface area (Å²) >= 11 is 12.1. The van der Waals surface area contributed by atoms with Gasteiger partial charge in [0, 0.05) is 27.6 Å². The molecule has 2 N–H and O–H groups in total. The van der Waals surface area contributed by atoms with Crippen molar-refractivity contribution in [1.29, 1.82) is 0 Å². The van der Waals surface area contributed by atoms with E-state index in [0.29, 0.717) is 32.3 Å². The van der Waals surface area contributed by atoms with E-state index in [2.05, 4.69) is 26.8 Å². The van der Waals surface area contributed by atoms with Crippen LogP contribution in [0.2, 0.25) is 10.0 Å². The number of carbonyl (C=O) groups is 2. The van der Waals surface area contributed by atoms with Gasteiger partial charge in [-0.05, 0) is 49.0 Å². The number of hydrogen-bond donors (Lipinski definition) is 2. The summed E-state index contributed by atoms with van der Waals surface area (Å²) < 4.78 is 14.7. The molecule has 200 valence electrons. The van der Waals surface area contributed by atoms with E-state index in [1.807, 2.05) is 0 Å². The van der Waals surface area contributed by atoms with Crippen LogP contribution < -0.4 is 5.56 Å². The maximum atomic E-state index is 14.7. The Morgan fingerprint density at radius 2 is 1.79 bits per heavy atom. The van der Waals surface area contributed by atoms with E-state index in [0.717, 1.165) is 5.01 Å². The second kappa shape index (κ2) is 11.7. The molecule has 0 bridgehead atoms. The molecule has 0 spiro atoms. The van der Waals surface area contributed by atoms with E-state index in [-0.39, 0.29) is 23.5 Å². The molecule has 0 radical (unpaired) electrons. The van der Waals surface area contributed by atoms with Crippen molar-refractivity contribution in [3.05, 3.63) is 85.6 Å². The SMILES string of the molecule is C=NC=Nc1[nH]c(=O)c(C2=NN(C(=O)C(F)CC(=O)O)C(c3ccc(Cl)cc3)C2)c(-c2ccc(Cl)cc2)c1C. The molecule has 1 aliphatic heterocycles. The Kier molecular flexibility index (Phi) is 8.37. The summed E-state index contributed by atoms with van der Waals surface area (Å²) in [7, 11) is 0. The van der Waals surface area contributed by atoms with Crippen LogP contribution >= 0.6 is 23.2 Å². The number of amides is 1. The maximum Gasteiger partial charge on any atom is 0.306 e. The van der Waals surface area contributed by atoms with Crippen molar-refractivity contribution in [1.82, 2.24) is 9.99 Å². The number of hydrogen-bond acceptors (Lipinski definition) is 5. The van der Waals surface area contributed by atoms with Crippen LogP contribution in [0.5, 0.6) is 0 Å². The standard InChI is InChI=1S/C27H22Cl2FN5O4/c1-14-23(16-5-9-18(29)10-6-16)24(26(38)33-25(14)32-13-31-2)20-12-21(15-3-7-17(28)8-4-15)35(34-20)27(39)19(30)11-22(36)37/h3-10,13,19,21H,2,11-12H2,1H3,(H,33,38)(H,36,37). The van der Waals surface area contributed by atoms with E-state index < -0.39 is 36.1 Å². The minimum Gasteiger partial charge on any atom is -0.481 e. The molecule has 2 heterocycles. The third-order valence-corrected chi connectivity index (χ3v) is 6.65. The molecule has 2 aromatic carbocycles. The van der Waals surface area contributed by atoms with Crippen LogP contribution in [0, 0.1) is 6.92 Å². The zero-order valence-electron chi connectivity index (χ0n) is 20.6. The minimum atomic E-state index is -2.33. The normalized spacial score (nSPS) is 15.8. The zero-order chi connectivity index (χ0) is 28.3. The highest BCUT2D eigenvalue weighted by molar-refractivity contribution is 6.31. The molecule has 39 heavy (non-hydrogen) atoms. The Hall–Kier alpha value is -4.15. The molecule has 0 saturated carbocycles. The van der Waals surface area contributed by atoms with Gasteiger partial charge in [0.15, 0.2) is 6.17 Å². The van der Waals surface area contributed by atoms with Gasteiger partial charge in [-0.15, -0.1) is 0 Å². The number of pyridine rings is 1. The molecule has 3 aromatic rings. The molecule has 2 atom stereocenters. The average molecular weight is 570 g/mol. The number of aromatic amines is 1. The fourth-order valence-electron chi connectivity index (χ4n) is 4.36. The second-order valence-corrected chi connectivity index (χ2v) is 9.55. The van der Waals surface area contributed by atoms with Crippen molar-refractivity contribution in [3.8, 4) is 11.1 Å². The molecule has 0 aliphatic carbocycles. The van der Waals surface area contributed by atoms with Crippen LogP contribution in [0.4, 0.5) is 10.2 Å². The first-order valence-electron chi connectivity index (χ1n) is 11.6. The van der Waals surface area contributed by atoms with Crippen molar-refractivity contribution >= 4 is 59.7 Å². The fraction of sp³-hybridized carbons (Fsp3) is 0.185. The van der Waals surface area contributed by atoms with Gasteiger partial charge in [-0.1, -0.05) is 47.5 Å². The van der Waals surface area contributed by atoms with Crippen molar-refractivity contribution < 1.29 is 19.1 Å². The first-order chi connectivity index (χ1) is 18.6. The van der Waals surface area contributed by atoms with Crippen LogP contribution in [-0.4, -0.2) is 51.9 Å². The molecule has 4 rings (SSSR count). The number of aliphatic carboxylic acids is 1. The van der Waals surface area contributed by atoms with Gasteiger partial charge in [-0.3, -0.25) is 19.4 Å². The lowest BCUT2D eigenvalue weighted by Gasteiger charge is -2.23. The molecule has 9 nitrogen and oxygen atoms in total. The molecule has 1 aromatic heterocycles. The zero-order valence-corrected chi connectivity index (χ0v) is 22.1. The van der Waals surface area contributed by atoms with Gasteiger partial charge in [0.1, 0.15) is 12.2 Å². The molecular weight excluding hydrogens is 548 g/mol. The minimum absolute atomic E-state index is 0.0487. The Morgan fingerprint density at radius 3 is 2.38 bits per heavy atom. The Balaban J connectivity index is 1.91. The predicted molar refractivity (Wildman–Crippen MR) is 149 cm³/mol. The van der Waals surface area contributed by atoms with Crippen LogP contribution in [0.1, 0.15) is 35.6 Å². The molecule has 2 unspecified atom stereocenters. The number of alkyl halides is 1. The predicted octanol–water partition coefficient (Wildman–Crippen LogP) is 5.51. The number of carboxylic acids is 1. The van der Waals surface area contributed by atoms with E-state index >= 15 is 0 Å². The molecule has 0 fully saturated rings. The summed E-state index contributed by atoms with van der Waals surface area (Å²) in [6.45, 7) is 5.11. The maximum absolute atomic E-state index is 14.7. The van der Waals surface area contributed by atoms with E-state index in [1.54, 1.807) is 55.5 Å². The largest absolute Gasteiger partial charge is 0.481 e. The van der Waals surface area contributed by atoms with Gasteiger partial charge >= 0.3 is 5.97 Å². The molecular formula is C27H22Cl2FN5O4. The van der Waals surface area contributed by atoms with Gasteiger partial charge in [0.25, 0.3) is 11.5 Å². The van der Waals surface area contributed by atoms with Crippen LogP contribution in [0.25, 0.3) is 11.1 Å². The van der Waals surface area contributed by atoms with Crippen molar-refractivity contribution in [2.24, 2.45) is 15.1 Å². The van der Waals surface area contributed by atoms with Gasteiger partial charge in [0.2, 0.25) is 0 Å². The number of halogens is 3. The quantitative estimate of drug-likeness (QED) is 0.274. The summed E-state index contributed by atoms with van der Waals surface area (Å²) in [6.07, 6.45) is -2.11. The lowest BCUT2D eigenvalue weighted by molar-refractivity contribution is -0.146. The summed E-state index contributed by atoms with van der Waals surface area (Å²) in [4.78, 5) is 48.1. The Morgan fingerprint density at radius 1 is 1.18 bits per heavy atom. The van der Waals surface area contributed by atoms with E-state index in [1.165, 1.54) is 6.34 Å². The molecule has 12 heteroatoms. The second-order valence-electron chi connectivity index (χ2n) is 8.68. The first-order valence-corrected chi connectivity index (χ1v) is 12.4. The number of H-pyrrole nitrogens is 1. The number of benzene rings is 2. The molecule has 1 aliphatic rings. The average Bonchev–Trinajstić information content (AvgIpc) is 3.33. The Labute approximate surface area is 232 Å². The lowest BCUT2D eigenvalue weighted by Crippen LogP contribution is -2.35. The van der Waals surface area contributed by atoms with E-state index in [4.69, 9.17) is 28.3 Å². The first kappa shape index (κ1) is 27.9. The number of nitrogens with zero attached hydrogens (tertiary/aromatic N) is 4. The van der Waals surface area contributed by atoms with Gasteiger partial charge < -0.3 is 10.1 Å². The van der Waals surface area contributed by atoms with Gasteiger partial charge in [-0.25, -0.2) is 14.4 Å². The van der Waals surface area contributed by atoms with Crippen LogP contribution in [0.3, 0.4) is 0 Å². The number of carboxylic acid groups (broad SMARTS) is 1. The highest BCUT2D eigenvalue weighted by Crippen LogP contribution is 2.38. The van der Waals surface area contributed by atoms with Crippen LogP contribution in [0.15, 0.2) is 68.4 Å². The Bertz CT molecular complexity index is 1550. The number of carbonyl (C=O) groups excluding carboxylic acids is 1. The van der Waals surface area contributed by atoms with Crippen molar-refractivity contribution in [2.45, 2.75) is 32.0 Å². The summed E-state index contributed by atoms with van der Waals surface area (Å²) in [5, 5.41) is 15.2. The van der Waals surface area contributed by atoms with Crippen molar-refractivity contribution in [3.63, 3.8) is 0 Å². The third-order valence-electron chi connectivity index (χ3n) is 6.14. The summed E-state index contributed by atoms with van der Waals surface area (Å²) in [6, 6.07) is 12.5.